The second-order valence-electron chi connectivity index (χ2n) is 5.20. The molecule has 0 radical (unpaired) electrons. The van der Waals surface area contributed by atoms with Crippen LogP contribution < -0.4 is 16.4 Å². The number of carboxylic acid groups (broad SMARTS) is 4. The van der Waals surface area contributed by atoms with E-state index in [-0.39, 0.29) is 6.42 Å². The quantitative estimate of drug-likeness (QED) is 0.183. The molecule has 3 atom stereocenters. The highest BCUT2D eigenvalue weighted by Gasteiger charge is 2.29. The van der Waals surface area contributed by atoms with Gasteiger partial charge in [-0.05, 0) is 6.42 Å². The number of carbonyl (C=O) groups excluding carboxylic acids is 2. The Bertz CT molecular complexity index is 591. The first-order valence-electron chi connectivity index (χ1n) is 7.18. The third kappa shape index (κ3) is 9.17. The van der Waals surface area contributed by atoms with E-state index in [1.165, 1.54) is 0 Å². The van der Waals surface area contributed by atoms with Crippen molar-refractivity contribution >= 4 is 35.7 Å². The minimum Gasteiger partial charge on any atom is -0.481 e. The fourth-order valence-corrected chi connectivity index (χ4v) is 1.71. The molecule has 0 aromatic carbocycles. The maximum atomic E-state index is 12.0. The lowest BCUT2D eigenvalue weighted by Crippen LogP contribution is -2.52. The van der Waals surface area contributed by atoms with Gasteiger partial charge < -0.3 is 36.8 Å². The van der Waals surface area contributed by atoms with Crippen molar-refractivity contribution < 1.29 is 49.2 Å². The lowest BCUT2D eigenvalue weighted by Gasteiger charge is -2.19. The number of amides is 2. The third-order valence-electron chi connectivity index (χ3n) is 3.02. The van der Waals surface area contributed by atoms with E-state index in [0.29, 0.717) is 0 Å². The van der Waals surface area contributed by atoms with Crippen molar-refractivity contribution in [3.05, 3.63) is 0 Å². The van der Waals surface area contributed by atoms with Gasteiger partial charge in [-0.2, -0.15) is 0 Å². The fraction of sp³-hybridized carbons (Fsp3) is 0.538. The van der Waals surface area contributed by atoms with Crippen LogP contribution in [0.5, 0.6) is 0 Å². The molecule has 0 spiro atoms. The Labute approximate surface area is 146 Å². The Kier molecular flexibility index (Phi) is 9.29. The van der Waals surface area contributed by atoms with E-state index in [2.05, 4.69) is 0 Å². The van der Waals surface area contributed by atoms with Crippen molar-refractivity contribution in [3.8, 4) is 0 Å². The highest BCUT2D eigenvalue weighted by atomic mass is 16.4. The molecule has 0 bridgehead atoms. The van der Waals surface area contributed by atoms with E-state index in [1.807, 2.05) is 10.6 Å². The summed E-state index contributed by atoms with van der Waals surface area (Å²) in [7, 11) is 0. The maximum absolute atomic E-state index is 12.0. The lowest BCUT2D eigenvalue weighted by atomic mass is 10.1. The second kappa shape index (κ2) is 10.6. The van der Waals surface area contributed by atoms with Crippen molar-refractivity contribution in [2.75, 3.05) is 0 Å². The third-order valence-corrected chi connectivity index (χ3v) is 3.02. The smallest absolute Gasteiger partial charge is 0.326 e. The summed E-state index contributed by atoms with van der Waals surface area (Å²) >= 11 is 0. The highest BCUT2D eigenvalue weighted by molar-refractivity contribution is 5.93. The minimum atomic E-state index is -1.83. The Morgan fingerprint density at radius 3 is 1.69 bits per heavy atom. The van der Waals surface area contributed by atoms with Crippen LogP contribution in [-0.2, 0) is 28.8 Å². The largest absolute Gasteiger partial charge is 0.481 e. The first kappa shape index (κ1) is 22.8. The minimum absolute atomic E-state index is 0.278. The lowest BCUT2D eigenvalue weighted by molar-refractivity contribution is -0.148. The van der Waals surface area contributed by atoms with Gasteiger partial charge in [0.15, 0.2) is 0 Å². The van der Waals surface area contributed by atoms with E-state index in [0.717, 1.165) is 0 Å². The van der Waals surface area contributed by atoms with Crippen LogP contribution >= 0.6 is 0 Å². The first-order valence-corrected chi connectivity index (χ1v) is 7.18. The van der Waals surface area contributed by atoms with E-state index in [9.17, 15) is 28.8 Å². The van der Waals surface area contributed by atoms with Gasteiger partial charge in [-0.25, -0.2) is 4.79 Å². The van der Waals surface area contributed by atoms with Gasteiger partial charge in [0.25, 0.3) is 0 Å². The van der Waals surface area contributed by atoms with Gasteiger partial charge in [0.2, 0.25) is 11.8 Å². The Balaban J connectivity index is 4.95. The molecule has 0 aliphatic carbocycles. The molecule has 0 aliphatic heterocycles. The maximum Gasteiger partial charge on any atom is 0.326 e. The van der Waals surface area contributed by atoms with Crippen LogP contribution in [0.25, 0.3) is 0 Å². The Hall–Kier alpha value is -3.22. The summed E-state index contributed by atoms with van der Waals surface area (Å²) < 4.78 is 0. The zero-order valence-corrected chi connectivity index (χ0v) is 13.4. The molecule has 0 aromatic heterocycles. The van der Waals surface area contributed by atoms with Crippen LogP contribution in [0.1, 0.15) is 25.7 Å². The molecule has 0 aromatic rings. The summed E-state index contributed by atoms with van der Waals surface area (Å²) in [5, 5.41) is 38.7. The normalized spacial score (nSPS) is 13.7. The number of aliphatic carboxylic acids is 4. The van der Waals surface area contributed by atoms with Crippen molar-refractivity contribution in [1.82, 2.24) is 10.6 Å². The standard InChI is InChI=1S/C13H19N3O10/c14-5(12(23)24)1-2-8(17)15-6(3-9(18)19)11(22)16-7(13(25)26)4-10(20)21/h5-7H,1-4,14H2,(H,15,17)(H,16,22)(H,18,19)(H,20,21)(H,23,24)(H,25,26)/t5-,6-,7-/m0/s1. The molecule has 0 saturated carbocycles. The van der Waals surface area contributed by atoms with Gasteiger partial charge in [-0.1, -0.05) is 0 Å². The first-order chi connectivity index (χ1) is 11.9. The summed E-state index contributed by atoms with van der Waals surface area (Å²) in [6, 6.07) is -4.84. The summed E-state index contributed by atoms with van der Waals surface area (Å²) in [5.74, 6) is -8.11. The molecule has 2 amide bonds. The predicted molar refractivity (Wildman–Crippen MR) is 80.8 cm³/mol. The summed E-state index contributed by atoms with van der Waals surface area (Å²) in [4.78, 5) is 66.6. The fourth-order valence-electron chi connectivity index (χ4n) is 1.71. The summed E-state index contributed by atoms with van der Waals surface area (Å²) in [6.07, 6.45) is -2.56. The number of carbonyl (C=O) groups is 6. The molecule has 0 rings (SSSR count). The van der Waals surface area contributed by atoms with Gasteiger partial charge in [0, 0.05) is 6.42 Å². The molecule has 0 fully saturated rings. The van der Waals surface area contributed by atoms with Gasteiger partial charge >= 0.3 is 23.9 Å². The van der Waals surface area contributed by atoms with Crippen LogP contribution in [0.3, 0.4) is 0 Å². The molecule has 13 nitrogen and oxygen atoms in total. The number of hydrogen-bond acceptors (Lipinski definition) is 7. The summed E-state index contributed by atoms with van der Waals surface area (Å²) in [5.41, 5.74) is 5.21. The molecular weight excluding hydrogens is 358 g/mol. The Morgan fingerprint density at radius 1 is 0.769 bits per heavy atom. The molecule has 0 heterocycles. The van der Waals surface area contributed by atoms with Crippen molar-refractivity contribution in [2.24, 2.45) is 5.73 Å². The molecular formula is C13H19N3O10. The van der Waals surface area contributed by atoms with Crippen molar-refractivity contribution in [1.29, 1.82) is 0 Å². The van der Waals surface area contributed by atoms with Crippen LogP contribution in [0.15, 0.2) is 0 Å². The van der Waals surface area contributed by atoms with E-state index in [4.69, 9.17) is 26.2 Å². The second-order valence-corrected chi connectivity index (χ2v) is 5.20. The molecule has 8 N–H and O–H groups in total. The topological polar surface area (TPSA) is 233 Å². The zero-order chi connectivity index (χ0) is 20.4. The molecule has 0 aliphatic rings. The SMILES string of the molecule is N[C@@H](CCC(=O)N[C@@H](CC(=O)O)C(=O)N[C@@H](CC(=O)O)C(=O)O)C(=O)O. The average Bonchev–Trinajstić information content (AvgIpc) is 2.49. The summed E-state index contributed by atoms with van der Waals surface area (Å²) in [6.45, 7) is 0. The van der Waals surface area contributed by atoms with Gasteiger partial charge in [-0.3, -0.25) is 24.0 Å². The molecule has 146 valence electrons. The number of nitrogens with one attached hydrogen (secondary N) is 2. The Morgan fingerprint density at radius 2 is 1.27 bits per heavy atom. The molecule has 13 heteroatoms. The van der Waals surface area contributed by atoms with Gasteiger partial charge in [0.1, 0.15) is 18.1 Å². The van der Waals surface area contributed by atoms with E-state index >= 15 is 0 Å². The van der Waals surface area contributed by atoms with Gasteiger partial charge in [0.05, 0.1) is 12.8 Å². The number of hydrogen-bond donors (Lipinski definition) is 7. The van der Waals surface area contributed by atoms with E-state index < -0.39 is 73.1 Å². The number of rotatable bonds is 12. The van der Waals surface area contributed by atoms with Crippen molar-refractivity contribution in [2.45, 2.75) is 43.8 Å². The van der Waals surface area contributed by atoms with Crippen LogP contribution in [0.4, 0.5) is 0 Å². The number of carboxylic acids is 4. The van der Waals surface area contributed by atoms with Crippen LogP contribution in [-0.4, -0.2) is 74.2 Å². The molecule has 0 unspecified atom stereocenters. The van der Waals surface area contributed by atoms with Crippen LogP contribution in [0, 0.1) is 0 Å². The number of nitrogens with two attached hydrogens (primary N) is 1. The van der Waals surface area contributed by atoms with Crippen LogP contribution in [0.2, 0.25) is 0 Å². The van der Waals surface area contributed by atoms with Gasteiger partial charge in [-0.15, -0.1) is 0 Å². The van der Waals surface area contributed by atoms with E-state index in [1.54, 1.807) is 0 Å². The van der Waals surface area contributed by atoms with Crippen molar-refractivity contribution in [3.63, 3.8) is 0 Å². The predicted octanol–water partition coefficient (Wildman–Crippen LogP) is -2.82. The average molecular weight is 377 g/mol. The zero-order valence-electron chi connectivity index (χ0n) is 13.4. The molecule has 0 saturated heterocycles. The molecule has 26 heavy (non-hydrogen) atoms. The highest BCUT2D eigenvalue weighted by Crippen LogP contribution is 2.01. The monoisotopic (exact) mass is 377 g/mol.